The molecular formula is C7H11N3O. The Kier molecular flexibility index (Phi) is 1.12. The van der Waals surface area contributed by atoms with Crippen molar-refractivity contribution in [1.29, 1.82) is 0 Å². The molecule has 11 heavy (non-hydrogen) atoms. The van der Waals surface area contributed by atoms with Gasteiger partial charge in [0, 0.05) is 7.05 Å². The molecule has 0 aliphatic heterocycles. The summed E-state index contributed by atoms with van der Waals surface area (Å²) in [5.74, 6) is 0.333. The van der Waals surface area contributed by atoms with Gasteiger partial charge in [-0.2, -0.15) is 0 Å². The van der Waals surface area contributed by atoms with E-state index in [2.05, 4.69) is 10.3 Å². The van der Waals surface area contributed by atoms with Crippen LogP contribution in [0.4, 0.5) is 0 Å². The highest BCUT2D eigenvalue weighted by molar-refractivity contribution is 5.18. The highest BCUT2D eigenvalue weighted by Gasteiger charge is 2.53. The van der Waals surface area contributed by atoms with Crippen molar-refractivity contribution in [3.63, 3.8) is 0 Å². The van der Waals surface area contributed by atoms with Crippen LogP contribution in [0.5, 0.6) is 0 Å². The van der Waals surface area contributed by atoms with Gasteiger partial charge in [-0.3, -0.25) is 4.68 Å². The number of nitrogens with zero attached hydrogens (tertiary/aromatic N) is 3. The van der Waals surface area contributed by atoms with Gasteiger partial charge in [-0.25, -0.2) is 0 Å². The minimum atomic E-state index is -0.672. The molecule has 4 nitrogen and oxygen atoms in total. The Balaban J connectivity index is 2.31. The Morgan fingerprint density at radius 2 is 2.45 bits per heavy atom. The number of hydrogen-bond donors (Lipinski definition) is 1. The largest absolute Gasteiger partial charge is 0.383 e. The average molecular weight is 153 g/mol. The summed E-state index contributed by atoms with van der Waals surface area (Å²) in [7, 11) is 1.80. The van der Waals surface area contributed by atoms with E-state index in [1.54, 1.807) is 17.9 Å². The van der Waals surface area contributed by atoms with Crippen LogP contribution in [0.25, 0.3) is 0 Å². The number of rotatable bonds is 1. The molecule has 1 aromatic rings. The maximum Gasteiger partial charge on any atom is 0.114 e. The summed E-state index contributed by atoms with van der Waals surface area (Å²) in [6.45, 7) is 2.01. The van der Waals surface area contributed by atoms with Gasteiger partial charge in [-0.1, -0.05) is 12.1 Å². The zero-order valence-corrected chi connectivity index (χ0v) is 6.65. The summed E-state index contributed by atoms with van der Waals surface area (Å²) in [6, 6.07) is 0. The summed E-state index contributed by atoms with van der Waals surface area (Å²) in [4.78, 5) is 0. The minimum absolute atomic E-state index is 0.333. The molecule has 2 rings (SSSR count). The molecule has 0 radical (unpaired) electrons. The second kappa shape index (κ2) is 1.82. The van der Waals surface area contributed by atoms with Gasteiger partial charge in [0.15, 0.2) is 0 Å². The topological polar surface area (TPSA) is 50.9 Å². The van der Waals surface area contributed by atoms with Crippen LogP contribution >= 0.6 is 0 Å². The third-order valence-corrected chi connectivity index (χ3v) is 2.32. The lowest BCUT2D eigenvalue weighted by atomic mass is 10.2. The predicted octanol–water partition coefficient (Wildman–Crippen LogP) is 0.0425. The normalized spacial score (nSPS) is 35.7. The van der Waals surface area contributed by atoms with Crippen molar-refractivity contribution in [3.05, 3.63) is 11.9 Å². The van der Waals surface area contributed by atoms with Gasteiger partial charge in [-0.15, -0.1) is 5.10 Å². The van der Waals surface area contributed by atoms with E-state index in [0.29, 0.717) is 11.6 Å². The highest BCUT2D eigenvalue weighted by atomic mass is 16.3. The summed E-state index contributed by atoms with van der Waals surface area (Å²) < 4.78 is 1.61. The second-order valence-corrected chi connectivity index (χ2v) is 3.31. The van der Waals surface area contributed by atoms with Gasteiger partial charge in [0.2, 0.25) is 0 Å². The van der Waals surface area contributed by atoms with Crippen molar-refractivity contribution in [2.75, 3.05) is 0 Å². The van der Waals surface area contributed by atoms with E-state index in [-0.39, 0.29) is 0 Å². The van der Waals surface area contributed by atoms with Crippen LogP contribution in [-0.2, 0) is 12.6 Å². The van der Waals surface area contributed by atoms with Gasteiger partial charge in [0.05, 0.1) is 6.20 Å². The molecule has 2 unspecified atom stereocenters. The van der Waals surface area contributed by atoms with Crippen LogP contribution in [0, 0.1) is 5.92 Å². The molecule has 2 atom stereocenters. The third-order valence-electron chi connectivity index (χ3n) is 2.32. The number of aryl methyl sites for hydroxylation is 1. The molecular weight excluding hydrogens is 142 g/mol. The van der Waals surface area contributed by atoms with Crippen LogP contribution in [0.15, 0.2) is 6.20 Å². The Bertz CT molecular complexity index is 283. The van der Waals surface area contributed by atoms with Crippen LogP contribution in [0.2, 0.25) is 0 Å². The molecule has 1 aliphatic rings. The maximum absolute atomic E-state index is 9.77. The molecule has 60 valence electrons. The summed E-state index contributed by atoms with van der Waals surface area (Å²) in [6.07, 6.45) is 2.58. The van der Waals surface area contributed by atoms with E-state index in [1.165, 1.54) is 0 Å². The van der Waals surface area contributed by atoms with Crippen molar-refractivity contribution in [1.82, 2.24) is 15.0 Å². The van der Waals surface area contributed by atoms with E-state index in [0.717, 1.165) is 6.42 Å². The first kappa shape index (κ1) is 6.79. The van der Waals surface area contributed by atoms with Crippen molar-refractivity contribution < 1.29 is 5.11 Å². The number of aliphatic hydroxyl groups is 1. The maximum atomic E-state index is 9.77. The van der Waals surface area contributed by atoms with Crippen molar-refractivity contribution in [2.24, 2.45) is 13.0 Å². The fourth-order valence-electron chi connectivity index (χ4n) is 1.31. The molecule has 0 saturated heterocycles. The van der Waals surface area contributed by atoms with Crippen molar-refractivity contribution in [2.45, 2.75) is 18.9 Å². The Labute approximate surface area is 64.8 Å². The van der Waals surface area contributed by atoms with E-state index < -0.39 is 5.60 Å². The Hall–Kier alpha value is -0.900. The van der Waals surface area contributed by atoms with E-state index >= 15 is 0 Å². The Morgan fingerprint density at radius 3 is 2.82 bits per heavy atom. The lowest BCUT2D eigenvalue weighted by Crippen LogP contribution is -2.07. The lowest BCUT2D eigenvalue weighted by Gasteiger charge is -2.01. The molecule has 1 aromatic heterocycles. The van der Waals surface area contributed by atoms with E-state index in [4.69, 9.17) is 0 Å². The minimum Gasteiger partial charge on any atom is -0.383 e. The van der Waals surface area contributed by atoms with Crippen molar-refractivity contribution >= 4 is 0 Å². The zero-order valence-electron chi connectivity index (χ0n) is 6.65. The van der Waals surface area contributed by atoms with E-state index in [1.807, 2.05) is 6.92 Å². The molecule has 0 bridgehead atoms. The fraction of sp³-hybridized carbons (Fsp3) is 0.714. The SMILES string of the molecule is CC1CC1(O)c1cn(C)nn1. The predicted molar refractivity (Wildman–Crippen MR) is 38.7 cm³/mol. The van der Waals surface area contributed by atoms with Gasteiger partial charge in [0.1, 0.15) is 11.3 Å². The first-order valence-electron chi connectivity index (χ1n) is 3.72. The molecule has 1 aliphatic carbocycles. The molecule has 4 heteroatoms. The first-order valence-corrected chi connectivity index (χ1v) is 3.72. The van der Waals surface area contributed by atoms with Crippen LogP contribution in [0.1, 0.15) is 19.0 Å². The molecule has 1 N–H and O–H groups in total. The highest BCUT2D eigenvalue weighted by Crippen LogP contribution is 2.50. The summed E-state index contributed by atoms with van der Waals surface area (Å²) in [5.41, 5.74) is 0.0290. The van der Waals surface area contributed by atoms with Crippen LogP contribution in [0.3, 0.4) is 0 Å². The Morgan fingerprint density at radius 1 is 1.82 bits per heavy atom. The van der Waals surface area contributed by atoms with Crippen LogP contribution in [-0.4, -0.2) is 20.1 Å². The molecule has 0 spiro atoms. The van der Waals surface area contributed by atoms with Gasteiger partial charge >= 0.3 is 0 Å². The molecule has 1 fully saturated rings. The number of aromatic nitrogens is 3. The fourth-order valence-corrected chi connectivity index (χ4v) is 1.31. The quantitative estimate of drug-likeness (QED) is 0.620. The first-order chi connectivity index (χ1) is 5.13. The second-order valence-electron chi connectivity index (χ2n) is 3.31. The zero-order chi connectivity index (χ0) is 8.06. The molecule has 1 saturated carbocycles. The van der Waals surface area contributed by atoms with Crippen molar-refractivity contribution in [3.8, 4) is 0 Å². The average Bonchev–Trinajstić information content (AvgIpc) is 2.44. The third kappa shape index (κ3) is 0.860. The van der Waals surface area contributed by atoms with Crippen LogP contribution < -0.4 is 0 Å². The smallest absolute Gasteiger partial charge is 0.114 e. The monoisotopic (exact) mass is 153 g/mol. The van der Waals surface area contributed by atoms with E-state index in [9.17, 15) is 5.11 Å². The summed E-state index contributed by atoms with van der Waals surface area (Å²) in [5, 5.41) is 17.4. The lowest BCUT2D eigenvalue weighted by molar-refractivity contribution is 0.129. The molecule has 1 heterocycles. The molecule has 0 aromatic carbocycles. The summed E-state index contributed by atoms with van der Waals surface area (Å²) >= 11 is 0. The standard InChI is InChI=1S/C7H11N3O/c1-5-3-7(5,11)6-4-10(2)9-8-6/h4-5,11H,3H2,1-2H3. The molecule has 0 amide bonds. The van der Waals surface area contributed by atoms with Gasteiger partial charge < -0.3 is 5.11 Å². The van der Waals surface area contributed by atoms with Gasteiger partial charge in [-0.05, 0) is 12.3 Å². The number of hydrogen-bond acceptors (Lipinski definition) is 3. The van der Waals surface area contributed by atoms with Gasteiger partial charge in [0.25, 0.3) is 0 Å².